The van der Waals surface area contributed by atoms with Crippen LogP contribution in [-0.4, -0.2) is 16.0 Å². The second-order valence-electron chi connectivity index (χ2n) is 13.1. The quantitative estimate of drug-likeness (QED) is 0.141. The third-order valence-corrected chi connectivity index (χ3v) is 8.43. The van der Waals surface area contributed by atoms with Crippen LogP contribution in [0.4, 0.5) is 11.4 Å². The minimum Gasteiger partial charge on any atom is -0.506 e. The summed E-state index contributed by atoms with van der Waals surface area (Å²) in [5, 5.41) is 20.0. The Morgan fingerprint density at radius 1 is 0.605 bits per heavy atom. The molecule has 8 heteroatoms. The van der Waals surface area contributed by atoms with Crippen LogP contribution in [0.5, 0.6) is 46.0 Å². The van der Waals surface area contributed by atoms with Crippen LogP contribution >= 0.6 is 0 Å². The molecule has 0 saturated heterocycles. The molecule has 1 spiro atoms. The van der Waals surface area contributed by atoms with E-state index in [0.717, 1.165) is 33.8 Å². The molecule has 2 aliphatic heterocycles. The largest absolute Gasteiger partial charge is 0.506 e. The molecule has 224 valence electrons. The standard InChI is InChI=1S/C35H38N2O6/c1-19-11-23(40-21-7-9-27(36)29(38)15-21)13-25-31(19)42-35(17-33(25,3)4)18-34(5,6)26-14-24(12-20(2)32(26)43-35)41-22-8-10-28(37)30(39)16-22/h7-16,38-39H,17-18,36-37H2,1-6H3. The summed E-state index contributed by atoms with van der Waals surface area (Å²) in [6.45, 7) is 12.8. The van der Waals surface area contributed by atoms with Crippen molar-refractivity contribution in [1.82, 2.24) is 0 Å². The molecule has 2 aliphatic rings. The number of nitrogens with two attached hydrogens (primary N) is 2. The molecule has 8 nitrogen and oxygen atoms in total. The van der Waals surface area contributed by atoms with Crippen LogP contribution in [0, 0.1) is 13.8 Å². The molecule has 0 radical (unpaired) electrons. The first-order valence-corrected chi connectivity index (χ1v) is 14.4. The molecule has 0 aliphatic carbocycles. The highest BCUT2D eigenvalue weighted by Crippen LogP contribution is 2.56. The van der Waals surface area contributed by atoms with Crippen LogP contribution in [0.15, 0.2) is 60.7 Å². The lowest BCUT2D eigenvalue weighted by Crippen LogP contribution is -2.56. The van der Waals surface area contributed by atoms with Crippen molar-refractivity contribution in [3.63, 3.8) is 0 Å². The van der Waals surface area contributed by atoms with Crippen LogP contribution in [0.3, 0.4) is 0 Å². The summed E-state index contributed by atoms with van der Waals surface area (Å²) in [5.74, 6) is 2.98. The Morgan fingerprint density at radius 2 is 1.00 bits per heavy atom. The number of phenolic OH excluding ortho intramolecular Hbond substituents is 2. The molecule has 6 rings (SSSR count). The number of aromatic hydroxyl groups is 2. The number of benzene rings is 4. The van der Waals surface area contributed by atoms with Gasteiger partial charge in [0.15, 0.2) is 0 Å². The van der Waals surface area contributed by atoms with Gasteiger partial charge < -0.3 is 40.6 Å². The molecule has 4 aromatic rings. The zero-order valence-corrected chi connectivity index (χ0v) is 25.4. The Kier molecular flexibility index (Phi) is 6.38. The Hall–Kier alpha value is -4.72. The number of fused-ring (bicyclic) bond motifs is 2. The lowest BCUT2D eigenvalue weighted by atomic mass is 9.68. The zero-order chi connectivity index (χ0) is 30.9. The van der Waals surface area contributed by atoms with Gasteiger partial charge in [0.2, 0.25) is 0 Å². The van der Waals surface area contributed by atoms with E-state index in [1.54, 1.807) is 24.3 Å². The molecule has 6 N–H and O–H groups in total. The number of aryl methyl sites for hydroxylation is 2. The Morgan fingerprint density at radius 3 is 1.37 bits per heavy atom. The van der Waals surface area contributed by atoms with Gasteiger partial charge in [-0.2, -0.15) is 0 Å². The van der Waals surface area contributed by atoms with Gasteiger partial charge in [-0.3, -0.25) is 0 Å². The fraction of sp³-hybridized carbons (Fsp3) is 0.314. The van der Waals surface area contributed by atoms with Crippen molar-refractivity contribution in [1.29, 1.82) is 0 Å². The van der Waals surface area contributed by atoms with Gasteiger partial charge in [-0.15, -0.1) is 0 Å². The number of hydrogen-bond acceptors (Lipinski definition) is 8. The fourth-order valence-electron chi connectivity index (χ4n) is 6.46. The summed E-state index contributed by atoms with van der Waals surface area (Å²) >= 11 is 0. The van der Waals surface area contributed by atoms with Crippen LogP contribution < -0.4 is 30.4 Å². The smallest absolute Gasteiger partial charge is 0.252 e. The van der Waals surface area contributed by atoms with E-state index < -0.39 is 5.79 Å². The van der Waals surface area contributed by atoms with E-state index in [-0.39, 0.29) is 22.3 Å². The molecule has 2 heterocycles. The van der Waals surface area contributed by atoms with E-state index in [0.29, 0.717) is 47.2 Å². The van der Waals surface area contributed by atoms with Gasteiger partial charge in [0, 0.05) is 46.9 Å². The Balaban J connectivity index is 1.33. The summed E-state index contributed by atoms with van der Waals surface area (Å²) in [4.78, 5) is 0. The van der Waals surface area contributed by atoms with E-state index in [9.17, 15) is 10.2 Å². The lowest BCUT2D eigenvalue weighted by molar-refractivity contribution is -0.167. The van der Waals surface area contributed by atoms with Crippen LogP contribution in [0.25, 0.3) is 0 Å². The molecular formula is C35H38N2O6. The minimum absolute atomic E-state index is 0.0198. The predicted molar refractivity (Wildman–Crippen MR) is 167 cm³/mol. The van der Waals surface area contributed by atoms with Gasteiger partial charge in [0.05, 0.1) is 11.4 Å². The maximum atomic E-state index is 10.0. The normalized spacial score (nSPS) is 17.3. The number of anilines is 2. The fourth-order valence-corrected chi connectivity index (χ4v) is 6.46. The second-order valence-corrected chi connectivity index (χ2v) is 13.1. The van der Waals surface area contributed by atoms with Crippen LogP contribution in [0.2, 0.25) is 0 Å². The second kappa shape index (κ2) is 9.66. The maximum Gasteiger partial charge on any atom is 0.252 e. The SMILES string of the molecule is Cc1cc(Oc2ccc(N)c(O)c2)cc2c1OC1(CC2(C)C)CC(C)(C)c2cc(Oc3ccc(N)c(O)c3)cc(C)c2O1. The first kappa shape index (κ1) is 28.4. The van der Waals surface area contributed by atoms with Gasteiger partial charge in [-0.25, -0.2) is 0 Å². The highest BCUT2D eigenvalue weighted by molar-refractivity contribution is 5.59. The summed E-state index contributed by atoms with van der Waals surface area (Å²) in [6, 6.07) is 17.6. The van der Waals surface area contributed by atoms with Gasteiger partial charge in [0.25, 0.3) is 5.79 Å². The Labute approximate surface area is 251 Å². The van der Waals surface area contributed by atoms with Crippen LogP contribution in [-0.2, 0) is 10.8 Å². The van der Waals surface area contributed by atoms with E-state index in [4.69, 9.17) is 30.4 Å². The van der Waals surface area contributed by atoms with Crippen LogP contribution in [0.1, 0.15) is 62.8 Å². The first-order valence-electron chi connectivity index (χ1n) is 14.4. The number of hydrogen-bond donors (Lipinski definition) is 4. The maximum absolute atomic E-state index is 10.0. The van der Waals surface area contributed by atoms with Gasteiger partial charge in [0.1, 0.15) is 46.0 Å². The van der Waals surface area contributed by atoms with Crippen molar-refractivity contribution in [2.24, 2.45) is 0 Å². The summed E-state index contributed by atoms with van der Waals surface area (Å²) in [5.41, 5.74) is 15.4. The van der Waals surface area contributed by atoms with Gasteiger partial charge in [-0.1, -0.05) is 27.7 Å². The average Bonchev–Trinajstić information content (AvgIpc) is 2.89. The van der Waals surface area contributed by atoms with Gasteiger partial charge >= 0.3 is 0 Å². The highest BCUT2D eigenvalue weighted by Gasteiger charge is 2.54. The van der Waals surface area contributed by atoms with Crippen molar-refractivity contribution in [2.75, 3.05) is 11.5 Å². The van der Waals surface area contributed by atoms with E-state index in [1.165, 1.54) is 12.1 Å². The molecule has 0 aromatic heterocycles. The number of nitrogen functional groups attached to an aromatic ring is 2. The third kappa shape index (κ3) is 5.11. The monoisotopic (exact) mass is 582 g/mol. The molecule has 0 atom stereocenters. The first-order chi connectivity index (χ1) is 20.1. The molecule has 0 saturated carbocycles. The van der Waals surface area contributed by atoms with Crippen molar-refractivity contribution < 1.29 is 29.2 Å². The third-order valence-electron chi connectivity index (χ3n) is 8.43. The molecule has 0 fully saturated rings. The van der Waals surface area contributed by atoms with E-state index in [1.807, 2.05) is 38.1 Å². The van der Waals surface area contributed by atoms with Crippen molar-refractivity contribution in [3.8, 4) is 46.0 Å². The van der Waals surface area contributed by atoms with Crippen molar-refractivity contribution in [2.45, 2.75) is 71.0 Å². The topological polar surface area (TPSA) is 129 Å². The predicted octanol–water partition coefficient (Wildman–Crippen LogP) is 7.98. The van der Waals surface area contributed by atoms with E-state index >= 15 is 0 Å². The zero-order valence-electron chi connectivity index (χ0n) is 25.4. The highest BCUT2D eigenvalue weighted by atomic mass is 16.7. The number of phenols is 2. The molecule has 0 bridgehead atoms. The van der Waals surface area contributed by atoms with Gasteiger partial charge in [-0.05, 0) is 73.5 Å². The summed E-state index contributed by atoms with van der Waals surface area (Å²) in [6.07, 6.45) is 1.26. The summed E-state index contributed by atoms with van der Waals surface area (Å²) in [7, 11) is 0. The number of rotatable bonds is 4. The molecule has 0 unspecified atom stereocenters. The molecular weight excluding hydrogens is 544 g/mol. The Bertz CT molecular complexity index is 1630. The minimum atomic E-state index is -0.876. The molecule has 0 amide bonds. The molecule has 43 heavy (non-hydrogen) atoms. The number of ether oxygens (including phenoxy) is 4. The van der Waals surface area contributed by atoms with Crippen molar-refractivity contribution >= 4 is 11.4 Å². The molecule has 4 aromatic carbocycles. The van der Waals surface area contributed by atoms with E-state index in [2.05, 4.69) is 27.7 Å². The van der Waals surface area contributed by atoms with Crippen molar-refractivity contribution in [3.05, 3.63) is 82.9 Å². The summed E-state index contributed by atoms with van der Waals surface area (Å²) < 4.78 is 26.0. The average molecular weight is 583 g/mol. The lowest BCUT2D eigenvalue weighted by Gasteiger charge is -2.52.